The molecule has 0 saturated heterocycles. The predicted molar refractivity (Wildman–Crippen MR) is 65.8 cm³/mol. The van der Waals surface area contributed by atoms with E-state index in [2.05, 4.69) is 10.1 Å². The molecule has 2 aromatic heterocycles. The molecule has 2 rings (SSSR count). The van der Waals surface area contributed by atoms with E-state index in [1.54, 1.807) is 12.1 Å². The number of pyridine rings is 1. The molecule has 3 nitrogen and oxygen atoms in total. The molecule has 0 bridgehead atoms. The molecule has 0 spiro atoms. The van der Waals surface area contributed by atoms with Crippen molar-refractivity contribution in [3.8, 4) is 11.3 Å². The normalized spacial score (nSPS) is 11.5. The maximum absolute atomic E-state index is 13.0. The highest BCUT2D eigenvalue weighted by molar-refractivity contribution is 6.32. The smallest absolute Gasteiger partial charge is 0.267 e. The van der Waals surface area contributed by atoms with Gasteiger partial charge in [-0.3, -0.25) is 4.68 Å². The molecule has 6 heteroatoms. The van der Waals surface area contributed by atoms with E-state index in [4.69, 9.17) is 11.6 Å². The second-order valence-electron chi connectivity index (χ2n) is 4.15. The Balaban J connectivity index is 2.59. The van der Waals surface area contributed by atoms with E-state index in [-0.39, 0.29) is 22.5 Å². The monoisotopic (exact) mass is 271 g/mol. The number of hydrogen-bond acceptors (Lipinski definition) is 2. The number of alkyl halides is 2. The van der Waals surface area contributed by atoms with Crippen molar-refractivity contribution in [2.75, 3.05) is 0 Å². The van der Waals surface area contributed by atoms with Gasteiger partial charge in [-0.25, -0.2) is 13.8 Å². The van der Waals surface area contributed by atoms with Crippen molar-refractivity contribution in [3.05, 3.63) is 35.2 Å². The van der Waals surface area contributed by atoms with Crippen LogP contribution in [0.25, 0.3) is 11.3 Å². The lowest BCUT2D eigenvalue weighted by Gasteiger charge is -2.04. The third-order valence-electron chi connectivity index (χ3n) is 2.54. The van der Waals surface area contributed by atoms with Gasteiger partial charge >= 0.3 is 0 Å². The minimum absolute atomic E-state index is 0.00620. The van der Waals surface area contributed by atoms with Gasteiger partial charge in [0.25, 0.3) is 6.43 Å². The highest BCUT2D eigenvalue weighted by Gasteiger charge is 2.21. The van der Waals surface area contributed by atoms with Gasteiger partial charge in [-0.1, -0.05) is 11.6 Å². The zero-order valence-corrected chi connectivity index (χ0v) is 10.7. The first-order chi connectivity index (χ1) is 8.50. The molecule has 0 saturated carbocycles. The number of aromatic nitrogens is 3. The average Bonchev–Trinajstić information content (AvgIpc) is 2.74. The van der Waals surface area contributed by atoms with Gasteiger partial charge < -0.3 is 0 Å². The van der Waals surface area contributed by atoms with Crippen LogP contribution in [0.2, 0.25) is 5.15 Å². The highest BCUT2D eigenvalue weighted by Crippen LogP contribution is 2.33. The fourth-order valence-electron chi connectivity index (χ4n) is 1.60. The van der Waals surface area contributed by atoms with Crippen molar-refractivity contribution >= 4 is 11.6 Å². The van der Waals surface area contributed by atoms with Crippen molar-refractivity contribution in [1.29, 1.82) is 0 Å². The topological polar surface area (TPSA) is 30.7 Å². The van der Waals surface area contributed by atoms with Crippen LogP contribution in [0.15, 0.2) is 24.5 Å². The Kier molecular flexibility index (Phi) is 3.61. The van der Waals surface area contributed by atoms with Crippen LogP contribution in [0.1, 0.15) is 31.9 Å². The summed E-state index contributed by atoms with van der Waals surface area (Å²) in [5.74, 6) is 0. The molecule has 2 heterocycles. The van der Waals surface area contributed by atoms with Crippen molar-refractivity contribution < 1.29 is 8.78 Å². The first-order valence-corrected chi connectivity index (χ1v) is 5.86. The zero-order valence-electron chi connectivity index (χ0n) is 9.94. The average molecular weight is 272 g/mol. The lowest BCUT2D eigenvalue weighted by Crippen LogP contribution is -2.00. The second-order valence-corrected chi connectivity index (χ2v) is 4.51. The molecule has 2 aromatic rings. The fourth-order valence-corrected chi connectivity index (χ4v) is 1.81. The molecule has 0 radical (unpaired) electrons. The highest BCUT2D eigenvalue weighted by atomic mass is 35.5. The van der Waals surface area contributed by atoms with Crippen LogP contribution in [0.5, 0.6) is 0 Å². The lowest BCUT2D eigenvalue weighted by molar-refractivity contribution is 0.152. The first kappa shape index (κ1) is 13.0. The van der Waals surface area contributed by atoms with Gasteiger partial charge in [0.1, 0.15) is 10.8 Å². The summed E-state index contributed by atoms with van der Waals surface area (Å²) >= 11 is 5.92. The number of halogens is 3. The quantitative estimate of drug-likeness (QED) is 0.786. The van der Waals surface area contributed by atoms with Crippen LogP contribution in [0.3, 0.4) is 0 Å². The molecular formula is C12H12ClF2N3. The van der Waals surface area contributed by atoms with Crippen LogP contribution in [-0.2, 0) is 0 Å². The standard InChI is InChI=1S/C12H12ClF2N3/c1-7(2)18-6-9(12(14)15)10(17-18)8-4-3-5-16-11(8)13/h3-7,12H,1-2H3. The summed E-state index contributed by atoms with van der Waals surface area (Å²) in [7, 11) is 0. The minimum atomic E-state index is -2.59. The minimum Gasteiger partial charge on any atom is -0.269 e. The predicted octanol–water partition coefficient (Wildman–Crippen LogP) is 4.12. The maximum Gasteiger partial charge on any atom is 0.267 e. The summed E-state index contributed by atoms with van der Waals surface area (Å²) in [5.41, 5.74) is 0.490. The van der Waals surface area contributed by atoms with E-state index < -0.39 is 6.43 Å². The zero-order chi connectivity index (χ0) is 13.3. The van der Waals surface area contributed by atoms with Crippen molar-refractivity contribution in [3.63, 3.8) is 0 Å². The lowest BCUT2D eigenvalue weighted by atomic mass is 10.1. The first-order valence-electron chi connectivity index (χ1n) is 5.48. The van der Waals surface area contributed by atoms with Gasteiger partial charge in [0, 0.05) is 24.0 Å². The van der Waals surface area contributed by atoms with E-state index >= 15 is 0 Å². The van der Waals surface area contributed by atoms with E-state index in [1.165, 1.54) is 17.1 Å². The van der Waals surface area contributed by atoms with Gasteiger partial charge in [0.05, 0.1) is 5.56 Å². The Bertz CT molecular complexity index is 552. The molecule has 96 valence electrons. The van der Waals surface area contributed by atoms with Crippen LogP contribution in [0, 0.1) is 0 Å². The summed E-state index contributed by atoms with van der Waals surface area (Å²) < 4.78 is 27.5. The molecule has 0 N–H and O–H groups in total. The summed E-state index contributed by atoms with van der Waals surface area (Å²) in [6.07, 6.45) is 0.269. The largest absolute Gasteiger partial charge is 0.269 e. The molecular weight excluding hydrogens is 260 g/mol. The van der Waals surface area contributed by atoms with Crippen LogP contribution >= 0.6 is 11.6 Å². The second kappa shape index (κ2) is 5.02. The molecule has 18 heavy (non-hydrogen) atoms. The summed E-state index contributed by atoms with van der Waals surface area (Å²) in [4.78, 5) is 3.88. The van der Waals surface area contributed by atoms with Gasteiger partial charge in [-0.2, -0.15) is 5.10 Å². The third kappa shape index (κ3) is 2.36. The molecule has 0 aliphatic rings. The SMILES string of the molecule is CC(C)n1cc(C(F)F)c(-c2cccnc2Cl)n1. The van der Waals surface area contributed by atoms with Gasteiger partial charge in [-0.05, 0) is 26.0 Å². The van der Waals surface area contributed by atoms with Gasteiger partial charge in [-0.15, -0.1) is 0 Å². The molecule has 0 unspecified atom stereocenters. The molecule has 0 aliphatic heterocycles. The van der Waals surface area contributed by atoms with Crippen LogP contribution < -0.4 is 0 Å². The van der Waals surface area contributed by atoms with E-state index in [9.17, 15) is 8.78 Å². The number of hydrogen-bond donors (Lipinski definition) is 0. The molecule has 0 atom stereocenters. The molecule has 0 amide bonds. The Labute approximate surface area is 108 Å². The Morgan fingerprint density at radius 2 is 2.06 bits per heavy atom. The third-order valence-corrected chi connectivity index (χ3v) is 2.84. The van der Waals surface area contributed by atoms with Crippen LogP contribution in [-0.4, -0.2) is 14.8 Å². The Morgan fingerprint density at radius 1 is 1.33 bits per heavy atom. The Morgan fingerprint density at radius 3 is 2.61 bits per heavy atom. The fraction of sp³-hybridized carbons (Fsp3) is 0.333. The Hall–Kier alpha value is -1.49. The van der Waals surface area contributed by atoms with Crippen molar-refractivity contribution in [2.24, 2.45) is 0 Å². The van der Waals surface area contributed by atoms with Crippen molar-refractivity contribution in [1.82, 2.24) is 14.8 Å². The van der Waals surface area contributed by atoms with E-state index in [0.29, 0.717) is 5.56 Å². The summed E-state index contributed by atoms with van der Waals surface area (Å²) in [5, 5.41) is 4.35. The number of rotatable bonds is 3. The molecule has 0 aromatic carbocycles. The van der Waals surface area contributed by atoms with Gasteiger partial charge in [0.15, 0.2) is 0 Å². The molecule has 0 aliphatic carbocycles. The van der Waals surface area contributed by atoms with E-state index in [0.717, 1.165) is 0 Å². The van der Waals surface area contributed by atoms with Crippen LogP contribution in [0.4, 0.5) is 8.78 Å². The maximum atomic E-state index is 13.0. The van der Waals surface area contributed by atoms with E-state index in [1.807, 2.05) is 13.8 Å². The van der Waals surface area contributed by atoms with Crippen molar-refractivity contribution in [2.45, 2.75) is 26.3 Å². The van der Waals surface area contributed by atoms with Gasteiger partial charge in [0.2, 0.25) is 0 Å². The molecule has 0 fully saturated rings. The summed E-state index contributed by atoms with van der Waals surface area (Å²) in [6.45, 7) is 3.74. The summed E-state index contributed by atoms with van der Waals surface area (Å²) in [6, 6.07) is 3.28. The number of nitrogens with zero attached hydrogens (tertiary/aromatic N) is 3.